The molecule has 0 aromatic carbocycles. The molecule has 6 nitrogen and oxygen atoms in total. The Bertz CT molecular complexity index is 583. The summed E-state index contributed by atoms with van der Waals surface area (Å²) < 4.78 is 2.19. The van der Waals surface area contributed by atoms with Gasteiger partial charge in [0, 0.05) is 24.4 Å². The molecule has 19 heavy (non-hydrogen) atoms. The molecule has 1 aliphatic heterocycles. The smallest absolute Gasteiger partial charge is 0.223 e. The Balaban J connectivity index is 1.82. The molecule has 0 fully saturated rings. The Kier molecular flexibility index (Phi) is 2.93. The highest BCUT2D eigenvalue weighted by Gasteiger charge is 2.21. The molecule has 1 N–H and O–H groups in total. The lowest BCUT2D eigenvalue weighted by Gasteiger charge is -2.14. The third-order valence-electron chi connectivity index (χ3n) is 3.35. The van der Waals surface area contributed by atoms with Crippen LogP contribution in [0.5, 0.6) is 0 Å². The molecule has 0 saturated carbocycles. The number of aryl methyl sites for hydroxylation is 3. The van der Waals surface area contributed by atoms with Crippen LogP contribution in [0, 0.1) is 13.8 Å². The van der Waals surface area contributed by atoms with Gasteiger partial charge < -0.3 is 9.88 Å². The second kappa shape index (κ2) is 4.60. The maximum Gasteiger partial charge on any atom is 0.223 e. The molecule has 100 valence electrons. The molecule has 2 aromatic rings. The van der Waals surface area contributed by atoms with Crippen molar-refractivity contribution in [2.75, 3.05) is 5.32 Å². The topological polar surface area (TPSA) is 68.5 Å². The summed E-state index contributed by atoms with van der Waals surface area (Å²) in [4.78, 5) is 8.80. The number of hydrogen-bond donors (Lipinski definition) is 1. The summed E-state index contributed by atoms with van der Waals surface area (Å²) in [5, 5.41) is 11.8. The van der Waals surface area contributed by atoms with Gasteiger partial charge in [0.15, 0.2) is 5.82 Å². The van der Waals surface area contributed by atoms with Crippen molar-refractivity contribution in [3.05, 3.63) is 29.1 Å². The minimum absolute atomic E-state index is 0.0561. The molecule has 0 radical (unpaired) electrons. The highest BCUT2D eigenvalue weighted by molar-refractivity contribution is 5.30. The van der Waals surface area contributed by atoms with Crippen molar-refractivity contribution in [3.63, 3.8) is 0 Å². The van der Waals surface area contributed by atoms with E-state index in [1.807, 2.05) is 19.9 Å². The molecule has 0 amide bonds. The summed E-state index contributed by atoms with van der Waals surface area (Å²) >= 11 is 0. The number of hydrogen-bond acceptors (Lipinski definition) is 5. The summed E-state index contributed by atoms with van der Waals surface area (Å²) in [7, 11) is 0. The van der Waals surface area contributed by atoms with Crippen molar-refractivity contribution in [1.82, 2.24) is 24.7 Å². The molecule has 3 heterocycles. The number of nitrogens with zero attached hydrogens (tertiary/aromatic N) is 5. The molecule has 1 unspecified atom stereocenters. The van der Waals surface area contributed by atoms with Crippen molar-refractivity contribution < 1.29 is 0 Å². The maximum absolute atomic E-state index is 4.40. The fraction of sp³-hybridized carbons (Fsp3) is 0.538. The highest BCUT2D eigenvalue weighted by Crippen LogP contribution is 2.21. The van der Waals surface area contributed by atoms with Crippen molar-refractivity contribution in [2.24, 2.45) is 0 Å². The number of aromatic nitrogens is 5. The monoisotopic (exact) mass is 258 g/mol. The van der Waals surface area contributed by atoms with Crippen LogP contribution in [0.3, 0.4) is 0 Å². The average Bonchev–Trinajstić information content (AvgIpc) is 2.87. The van der Waals surface area contributed by atoms with Crippen molar-refractivity contribution >= 4 is 5.95 Å². The zero-order valence-electron chi connectivity index (χ0n) is 11.5. The summed E-state index contributed by atoms with van der Waals surface area (Å²) in [5.74, 6) is 2.71. The molecule has 0 bridgehead atoms. The molecule has 1 aliphatic rings. The zero-order valence-corrected chi connectivity index (χ0v) is 11.5. The lowest BCUT2D eigenvalue weighted by atomic mass is 10.3. The van der Waals surface area contributed by atoms with Gasteiger partial charge in [-0.15, -0.1) is 10.2 Å². The Labute approximate surface area is 112 Å². The van der Waals surface area contributed by atoms with Gasteiger partial charge in [-0.05, 0) is 33.3 Å². The zero-order chi connectivity index (χ0) is 13.4. The van der Waals surface area contributed by atoms with E-state index in [9.17, 15) is 0 Å². The van der Waals surface area contributed by atoms with Gasteiger partial charge in [-0.2, -0.15) is 0 Å². The van der Waals surface area contributed by atoms with Gasteiger partial charge in [-0.1, -0.05) is 0 Å². The van der Waals surface area contributed by atoms with Gasteiger partial charge >= 0.3 is 0 Å². The molecule has 6 heteroatoms. The predicted molar refractivity (Wildman–Crippen MR) is 71.9 cm³/mol. The first-order valence-electron chi connectivity index (χ1n) is 6.64. The number of fused-ring (bicyclic) bond motifs is 1. The molecule has 0 saturated heterocycles. The first kappa shape index (κ1) is 12.1. The van der Waals surface area contributed by atoms with Crippen LogP contribution in [0.1, 0.15) is 42.4 Å². The Hall–Kier alpha value is -1.98. The van der Waals surface area contributed by atoms with Crippen molar-refractivity contribution in [1.29, 1.82) is 0 Å². The fourth-order valence-corrected chi connectivity index (χ4v) is 2.54. The maximum atomic E-state index is 4.40. The van der Waals surface area contributed by atoms with E-state index in [2.05, 4.69) is 37.0 Å². The van der Waals surface area contributed by atoms with E-state index in [4.69, 9.17) is 0 Å². The largest absolute Gasteiger partial charge is 0.344 e. The van der Waals surface area contributed by atoms with Gasteiger partial charge in [0.1, 0.15) is 5.82 Å². The summed E-state index contributed by atoms with van der Waals surface area (Å²) in [6.07, 6.45) is 2.18. The van der Waals surface area contributed by atoms with E-state index in [0.717, 1.165) is 42.4 Å². The minimum Gasteiger partial charge on any atom is -0.344 e. The summed E-state index contributed by atoms with van der Waals surface area (Å²) in [5.41, 5.74) is 1.93. The second-order valence-corrected chi connectivity index (χ2v) is 5.07. The Morgan fingerprint density at radius 2 is 1.95 bits per heavy atom. The SMILES string of the molecule is Cc1cc(C)nc(NC(C)c2nnc3n2CCC3)n1. The van der Waals surface area contributed by atoms with Crippen LogP contribution >= 0.6 is 0 Å². The minimum atomic E-state index is 0.0561. The van der Waals surface area contributed by atoms with Crippen molar-refractivity contribution in [3.8, 4) is 0 Å². The first-order chi connectivity index (χ1) is 9.13. The average molecular weight is 258 g/mol. The predicted octanol–water partition coefficient (Wildman–Crippen LogP) is 1.80. The van der Waals surface area contributed by atoms with Gasteiger partial charge in [0.05, 0.1) is 6.04 Å². The molecular formula is C13H18N6. The third-order valence-corrected chi connectivity index (χ3v) is 3.35. The lowest BCUT2D eigenvalue weighted by Crippen LogP contribution is -2.15. The van der Waals surface area contributed by atoms with Crippen LogP contribution in [-0.2, 0) is 13.0 Å². The van der Waals surface area contributed by atoms with Crippen LogP contribution in [0.15, 0.2) is 6.07 Å². The number of rotatable bonds is 3. The second-order valence-electron chi connectivity index (χ2n) is 5.07. The van der Waals surface area contributed by atoms with Gasteiger partial charge in [0.2, 0.25) is 5.95 Å². The highest BCUT2D eigenvalue weighted by atomic mass is 15.3. The molecule has 3 rings (SSSR count). The fourth-order valence-electron chi connectivity index (χ4n) is 2.54. The Morgan fingerprint density at radius 3 is 2.68 bits per heavy atom. The van der Waals surface area contributed by atoms with Crippen LogP contribution in [0.4, 0.5) is 5.95 Å². The van der Waals surface area contributed by atoms with E-state index < -0.39 is 0 Å². The summed E-state index contributed by atoms with van der Waals surface area (Å²) in [6, 6.07) is 2.02. The van der Waals surface area contributed by atoms with Crippen LogP contribution in [0.25, 0.3) is 0 Å². The van der Waals surface area contributed by atoms with E-state index in [1.54, 1.807) is 0 Å². The lowest BCUT2D eigenvalue weighted by molar-refractivity contribution is 0.649. The molecule has 1 atom stereocenters. The first-order valence-corrected chi connectivity index (χ1v) is 6.64. The van der Waals surface area contributed by atoms with E-state index >= 15 is 0 Å². The quantitative estimate of drug-likeness (QED) is 0.909. The van der Waals surface area contributed by atoms with Crippen molar-refractivity contribution in [2.45, 2.75) is 46.2 Å². The molecule has 0 aliphatic carbocycles. The van der Waals surface area contributed by atoms with E-state index in [-0.39, 0.29) is 6.04 Å². The van der Waals surface area contributed by atoms with Gasteiger partial charge in [-0.3, -0.25) is 0 Å². The van der Waals surface area contributed by atoms with Crippen LogP contribution in [0.2, 0.25) is 0 Å². The van der Waals surface area contributed by atoms with E-state index in [0.29, 0.717) is 5.95 Å². The third kappa shape index (κ3) is 2.30. The number of anilines is 1. The van der Waals surface area contributed by atoms with E-state index in [1.165, 1.54) is 0 Å². The molecule has 2 aromatic heterocycles. The van der Waals surface area contributed by atoms with Crippen LogP contribution in [-0.4, -0.2) is 24.7 Å². The van der Waals surface area contributed by atoms with Gasteiger partial charge in [-0.25, -0.2) is 9.97 Å². The standard InChI is InChI=1S/C13H18N6/c1-8-7-9(2)15-13(14-8)16-10(3)12-18-17-11-5-4-6-19(11)12/h7,10H,4-6H2,1-3H3,(H,14,15,16). The molecular weight excluding hydrogens is 240 g/mol. The molecule has 0 spiro atoms. The normalized spacial score (nSPS) is 15.3. The summed E-state index contributed by atoms with van der Waals surface area (Å²) in [6.45, 7) is 7.02. The van der Waals surface area contributed by atoms with Gasteiger partial charge in [0.25, 0.3) is 0 Å². The Morgan fingerprint density at radius 1 is 1.21 bits per heavy atom. The number of nitrogens with one attached hydrogen (secondary N) is 1. The van der Waals surface area contributed by atoms with Crippen LogP contribution < -0.4 is 5.32 Å².